The third-order valence-corrected chi connectivity index (χ3v) is 6.03. The van der Waals surface area contributed by atoms with E-state index in [2.05, 4.69) is 77.7 Å². The van der Waals surface area contributed by atoms with Crippen LogP contribution in [0.25, 0.3) is 44.7 Å². The molecule has 2 aromatic carbocycles. The molecule has 0 saturated heterocycles. The van der Waals surface area contributed by atoms with E-state index < -0.39 is 0 Å². The molecule has 0 aliphatic heterocycles. The molecule has 7 heteroatoms. The van der Waals surface area contributed by atoms with Crippen LogP contribution in [0, 0.1) is 0 Å². The van der Waals surface area contributed by atoms with Gasteiger partial charge in [-0.3, -0.25) is 9.48 Å². The molecule has 0 atom stereocenters. The number of amides is 1. The minimum Gasteiger partial charge on any atom is -0.339 e. The molecule has 3 heterocycles. The fourth-order valence-electron chi connectivity index (χ4n) is 4.41. The number of nitrogens with one attached hydrogen (secondary N) is 2. The van der Waals surface area contributed by atoms with Crippen molar-refractivity contribution in [3.05, 3.63) is 78.6 Å². The zero-order chi connectivity index (χ0) is 24.4. The van der Waals surface area contributed by atoms with Crippen molar-refractivity contribution in [2.75, 3.05) is 19.4 Å². The van der Waals surface area contributed by atoms with Crippen LogP contribution in [0.2, 0.25) is 0 Å². The van der Waals surface area contributed by atoms with E-state index in [4.69, 9.17) is 5.10 Å². The first-order valence-electron chi connectivity index (χ1n) is 11.7. The Morgan fingerprint density at radius 1 is 1.03 bits per heavy atom. The number of carbonyl (C=O) groups is 1. The first-order chi connectivity index (χ1) is 17.1. The number of nitrogens with zero attached hydrogens (tertiary/aromatic N) is 4. The van der Waals surface area contributed by atoms with Gasteiger partial charge in [0.25, 0.3) is 0 Å². The van der Waals surface area contributed by atoms with E-state index in [1.54, 1.807) is 0 Å². The van der Waals surface area contributed by atoms with Crippen LogP contribution in [-0.2, 0) is 17.9 Å². The second kappa shape index (κ2) is 9.56. The molecule has 0 bridgehead atoms. The Morgan fingerprint density at radius 3 is 2.60 bits per heavy atom. The maximum absolute atomic E-state index is 10.8. The number of aryl methyl sites for hydroxylation is 1. The summed E-state index contributed by atoms with van der Waals surface area (Å²) in [6.07, 6.45) is 4.61. The summed E-state index contributed by atoms with van der Waals surface area (Å²) in [4.78, 5) is 21.1. The van der Waals surface area contributed by atoms with Gasteiger partial charge in [0.2, 0.25) is 6.41 Å². The number of pyridine rings is 1. The molecule has 0 fully saturated rings. The van der Waals surface area contributed by atoms with E-state index in [1.165, 1.54) is 5.56 Å². The summed E-state index contributed by atoms with van der Waals surface area (Å²) in [7, 11) is 4.15. The van der Waals surface area contributed by atoms with Gasteiger partial charge in [-0.1, -0.05) is 30.3 Å². The van der Waals surface area contributed by atoms with Gasteiger partial charge in [0, 0.05) is 53.4 Å². The number of carbonyl (C=O) groups excluding carboxylic acids is 1. The van der Waals surface area contributed by atoms with Gasteiger partial charge in [-0.15, -0.1) is 0 Å². The summed E-state index contributed by atoms with van der Waals surface area (Å²) in [5.41, 5.74) is 9.03. The molecule has 176 valence electrons. The van der Waals surface area contributed by atoms with Crippen molar-refractivity contribution in [3.63, 3.8) is 0 Å². The minimum absolute atomic E-state index is 0.680. The lowest BCUT2D eigenvalue weighted by Gasteiger charge is -2.10. The van der Waals surface area contributed by atoms with Crippen LogP contribution in [0.1, 0.15) is 12.5 Å². The first-order valence-corrected chi connectivity index (χ1v) is 11.7. The zero-order valence-corrected chi connectivity index (χ0v) is 20.1. The van der Waals surface area contributed by atoms with Crippen molar-refractivity contribution in [2.24, 2.45) is 0 Å². The van der Waals surface area contributed by atoms with Crippen LogP contribution >= 0.6 is 0 Å². The van der Waals surface area contributed by atoms with E-state index in [1.807, 2.05) is 41.2 Å². The molecule has 0 spiro atoms. The average Bonchev–Trinajstić information content (AvgIpc) is 3.49. The van der Waals surface area contributed by atoms with E-state index in [-0.39, 0.29) is 0 Å². The number of hydrogen-bond acceptors (Lipinski definition) is 4. The lowest BCUT2D eigenvalue weighted by molar-refractivity contribution is -0.105. The van der Waals surface area contributed by atoms with E-state index in [0.717, 1.165) is 63.5 Å². The van der Waals surface area contributed by atoms with Gasteiger partial charge in [0.05, 0.1) is 0 Å². The maximum atomic E-state index is 10.8. The molecular weight excluding hydrogens is 436 g/mol. The molecule has 0 saturated carbocycles. The van der Waals surface area contributed by atoms with Crippen molar-refractivity contribution < 1.29 is 4.79 Å². The van der Waals surface area contributed by atoms with Crippen LogP contribution in [0.3, 0.4) is 0 Å². The highest BCUT2D eigenvalue weighted by Crippen LogP contribution is 2.37. The second-order valence-corrected chi connectivity index (χ2v) is 8.83. The molecule has 2 N–H and O–H groups in total. The van der Waals surface area contributed by atoms with Crippen LogP contribution in [0.4, 0.5) is 5.69 Å². The summed E-state index contributed by atoms with van der Waals surface area (Å²) < 4.78 is 1.95. The summed E-state index contributed by atoms with van der Waals surface area (Å²) in [6.45, 7) is 3.73. The van der Waals surface area contributed by atoms with Crippen LogP contribution in [0.15, 0.2) is 73.1 Å². The minimum atomic E-state index is 0.680. The standard InChI is InChI=1S/C28H28N6O/c1-4-34-17-25(27(32-34)20-8-10-22(11-9-20)30-18-35)23-12-13-29-28-24(23)15-26(31-28)21-7-5-6-19(14-21)16-33(2)3/h5-15,17-18H,4,16H2,1-3H3,(H,29,31)(H,30,35). The number of rotatable bonds is 8. The molecule has 5 rings (SSSR count). The van der Waals surface area contributed by atoms with Gasteiger partial charge in [0.1, 0.15) is 11.3 Å². The van der Waals surface area contributed by atoms with Crippen LogP contribution in [-0.4, -0.2) is 45.2 Å². The number of hydrogen-bond donors (Lipinski definition) is 2. The Balaban J connectivity index is 1.60. The quantitative estimate of drug-likeness (QED) is 0.301. The van der Waals surface area contributed by atoms with Crippen molar-refractivity contribution >= 4 is 23.1 Å². The predicted molar refractivity (Wildman–Crippen MR) is 141 cm³/mol. The fourth-order valence-corrected chi connectivity index (χ4v) is 4.41. The topological polar surface area (TPSA) is 78.8 Å². The average molecular weight is 465 g/mol. The fraction of sp³-hybridized carbons (Fsp3) is 0.179. The summed E-state index contributed by atoms with van der Waals surface area (Å²) in [6, 6.07) is 20.5. The molecule has 0 aliphatic rings. The van der Waals surface area contributed by atoms with E-state index in [0.29, 0.717) is 6.41 Å². The van der Waals surface area contributed by atoms with Crippen molar-refractivity contribution in [2.45, 2.75) is 20.0 Å². The Bertz CT molecular complexity index is 1480. The van der Waals surface area contributed by atoms with Gasteiger partial charge in [0.15, 0.2) is 0 Å². The summed E-state index contributed by atoms with van der Waals surface area (Å²) in [5.74, 6) is 0. The van der Waals surface area contributed by atoms with Crippen LogP contribution < -0.4 is 5.32 Å². The third-order valence-electron chi connectivity index (χ3n) is 6.03. The lowest BCUT2D eigenvalue weighted by atomic mass is 9.99. The van der Waals surface area contributed by atoms with Crippen molar-refractivity contribution in [3.8, 4) is 33.6 Å². The summed E-state index contributed by atoms with van der Waals surface area (Å²) >= 11 is 0. The molecule has 0 radical (unpaired) electrons. The first kappa shape index (κ1) is 22.6. The van der Waals surface area contributed by atoms with Gasteiger partial charge >= 0.3 is 0 Å². The Labute approximate surface area is 204 Å². The Kier molecular flexibility index (Phi) is 6.16. The lowest BCUT2D eigenvalue weighted by Crippen LogP contribution is -2.10. The molecular formula is C28H28N6O. The van der Waals surface area contributed by atoms with Crippen molar-refractivity contribution in [1.29, 1.82) is 0 Å². The Morgan fingerprint density at radius 2 is 1.86 bits per heavy atom. The molecule has 0 aliphatic carbocycles. The number of aromatic nitrogens is 4. The van der Waals surface area contributed by atoms with Gasteiger partial charge < -0.3 is 15.2 Å². The number of fused-ring (bicyclic) bond motifs is 1. The third kappa shape index (κ3) is 4.58. The number of H-pyrrole nitrogens is 1. The van der Waals surface area contributed by atoms with Crippen LogP contribution in [0.5, 0.6) is 0 Å². The monoisotopic (exact) mass is 464 g/mol. The molecule has 5 aromatic rings. The van der Waals surface area contributed by atoms with E-state index in [9.17, 15) is 4.79 Å². The largest absolute Gasteiger partial charge is 0.339 e. The molecule has 3 aromatic heterocycles. The highest BCUT2D eigenvalue weighted by Gasteiger charge is 2.17. The molecule has 7 nitrogen and oxygen atoms in total. The number of benzene rings is 2. The number of aromatic amines is 1. The van der Waals surface area contributed by atoms with Gasteiger partial charge in [-0.2, -0.15) is 5.10 Å². The zero-order valence-electron chi connectivity index (χ0n) is 20.1. The molecule has 0 unspecified atom stereocenters. The van der Waals surface area contributed by atoms with Crippen molar-refractivity contribution in [1.82, 2.24) is 24.6 Å². The van der Waals surface area contributed by atoms with Gasteiger partial charge in [-0.25, -0.2) is 4.98 Å². The highest BCUT2D eigenvalue weighted by molar-refractivity contribution is 5.99. The normalized spacial score (nSPS) is 11.3. The Hall–Kier alpha value is -4.23. The smallest absolute Gasteiger partial charge is 0.211 e. The summed E-state index contributed by atoms with van der Waals surface area (Å²) in [5, 5.41) is 8.59. The van der Waals surface area contributed by atoms with Gasteiger partial charge in [-0.05, 0) is 68.0 Å². The maximum Gasteiger partial charge on any atom is 0.211 e. The number of anilines is 1. The predicted octanol–water partition coefficient (Wildman–Crippen LogP) is 5.41. The highest BCUT2D eigenvalue weighted by atomic mass is 16.1. The second-order valence-electron chi connectivity index (χ2n) is 8.83. The SMILES string of the molecule is CCn1cc(-c2ccnc3[nH]c(-c4cccc(CN(C)C)c4)cc23)c(-c2ccc(NC=O)cc2)n1. The molecule has 35 heavy (non-hydrogen) atoms. The van der Waals surface area contributed by atoms with E-state index >= 15 is 0 Å². The molecule has 1 amide bonds.